The summed E-state index contributed by atoms with van der Waals surface area (Å²) in [6, 6.07) is 14.9. The highest BCUT2D eigenvalue weighted by Crippen LogP contribution is 2.25. The molecule has 0 unspecified atom stereocenters. The summed E-state index contributed by atoms with van der Waals surface area (Å²) in [5.74, 6) is 2.81. The number of fused-ring (bicyclic) bond motifs is 1. The Labute approximate surface area is 160 Å². The van der Waals surface area contributed by atoms with E-state index >= 15 is 0 Å². The lowest BCUT2D eigenvalue weighted by atomic mass is 10.00. The fourth-order valence-corrected chi connectivity index (χ4v) is 3.55. The molecule has 5 nitrogen and oxygen atoms in total. The molecule has 0 N–H and O–H groups in total. The van der Waals surface area contributed by atoms with Crippen LogP contribution >= 0.6 is 0 Å². The third-order valence-corrected chi connectivity index (χ3v) is 5.14. The SMILES string of the molecule is Cc1nc(N(C)CCc2ccncc2)cc(N2CCc3ccccc3C2)n1. The Morgan fingerprint density at radius 3 is 2.63 bits per heavy atom. The van der Waals surface area contributed by atoms with E-state index in [0.717, 1.165) is 49.9 Å². The Morgan fingerprint density at radius 1 is 1.04 bits per heavy atom. The molecule has 0 saturated heterocycles. The lowest BCUT2D eigenvalue weighted by Crippen LogP contribution is -2.31. The van der Waals surface area contributed by atoms with E-state index in [0.29, 0.717) is 0 Å². The van der Waals surface area contributed by atoms with Gasteiger partial charge in [-0.3, -0.25) is 4.98 Å². The summed E-state index contributed by atoms with van der Waals surface area (Å²) in [5.41, 5.74) is 4.14. The van der Waals surface area contributed by atoms with Crippen molar-refractivity contribution in [2.24, 2.45) is 0 Å². The van der Waals surface area contributed by atoms with Crippen molar-refractivity contribution in [3.8, 4) is 0 Å². The third kappa shape index (κ3) is 4.08. The second-order valence-electron chi connectivity index (χ2n) is 7.10. The molecule has 0 spiro atoms. The zero-order valence-electron chi connectivity index (χ0n) is 16.0. The van der Waals surface area contributed by atoms with Gasteiger partial charge in [0.25, 0.3) is 0 Å². The summed E-state index contributed by atoms with van der Waals surface area (Å²) in [6.07, 6.45) is 5.72. The Kier molecular flexibility index (Phi) is 5.01. The molecule has 0 atom stereocenters. The van der Waals surface area contributed by atoms with Crippen molar-refractivity contribution in [2.75, 3.05) is 29.9 Å². The summed E-state index contributed by atoms with van der Waals surface area (Å²) in [6.45, 7) is 4.78. The van der Waals surface area contributed by atoms with E-state index in [1.165, 1.54) is 16.7 Å². The van der Waals surface area contributed by atoms with Crippen LogP contribution in [0.15, 0.2) is 54.9 Å². The van der Waals surface area contributed by atoms with Crippen molar-refractivity contribution in [1.29, 1.82) is 0 Å². The van der Waals surface area contributed by atoms with Crippen LogP contribution in [-0.4, -0.2) is 35.1 Å². The van der Waals surface area contributed by atoms with Gasteiger partial charge in [-0.1, -0.05) is 24.3 Å². The molecular weight excluding hydrogens is 334 g/mol. The van der Waals surface area contributed by atoms with Gasteiger partial charge in [-0.05, 0) is 48.6 Å². The maximum atomic E-state index is 4.71. The molecule has 27 heavy (non-hydrogen) atoms. The molecule has 4 rings (SSSR count). The molecule has 0 radical (unpaired) electrons. The summed E-state index contributed by atoms with van der Waals surface area (Å²) in [4.78, 5) is 18.0. The maximum Gasteiger partial charge on any atom is 0.134 e. The minimum Gasteiger partial charge on any atom is -0.359 e. The van der Waals surface area contributed by atoms with Crippen LogP contribution in [0, 0.1) is 6.92 Å². The number of likely N-dealkylation sites (N-methyl/N-ethyl adjacent to an activating group) is 1. The van der Waals surface area contributed by atoms with Gasteiger partial charge in [0, 0.05) is 45.1 Å². The minimum absolute atomic E-state index is 0.817. The topological polar surface area (TPSA) is 45.2 Å². The van der Waals surface area contributed by atoms with E-state index in [1.807, 2.05) is 19.3 Å². The summed E-state index contributed by atoms with van der Waals surface area (Å²) < 4.78 is 0. The standard InChI is InChI=1S/C22H25N5/c1-17-24-21(26(2)13-9-18-7-11-23-12-8-18)15-22(25-17)27-14-10-19-5-3-4-6-20(19)16-27/h3-8,11-12,15H,9-10,13-14,16H2,1-2H3. The largest absolute Gasteiger partial charge is 0.359 e. The molecule has 0 saturated carbocycles. The summed E-state index contributed by atoms with van der Waals surface area (Å²) in [7, 11) is 2.10. The van der Waals surface area contributed by atoms with Crippen LogP contribution in [-0.2, 0) is 19.4 Å². The predicted molar refractivity (Wildman–Crippen MR) is 109 cm³/mol. The van der Waals surface area contributed by atoms with Crippen LogP contribution < -0.4 is 9.80 Å². The van der Waals surface area contributed by atoms with Crippen LogP contribution in [0.2, 0.25) is 0 Å². The molecule has 1 aliphatic heterocycles. The number of hydrogen-bond donors (Lipinski definition) is 0. The van der Waals surface area contributed by atoms with Crippen molar-refractivity contribution in [1.82, 2.24) is 15.0 Å². The van der Waals surface area contributed by atoms with Crippen LogP contribution in [0.3, 0.4) is 0 Å². The smallest absolute Gasteiger partial charge is 0.134 e. The van der Waals surface area contributed by atoms with Crippen LogP contribution in [0.1, 0.15) is 22.5 Å². The molecule has 3 heterocycles. The number of benzene rings is 1. The Bertz CT molecular complexity index is 910. The van der Waals surface area contributed by atoms with Crippen molar-refractivity contribution >= 4 is 11.6 Å². The second kappa shape index (κ2) is 7.74. The zero-order valence-corrected chi connectivity index (χ0v) is 16.0. The molecule has 0 amide bonds. The van der Waals surface area contributed by atoms with Gasteiger partial charge in [-0.15, -0.1) is 0 Å². The van der Waals surface area contributed by atoms with Gasteiger partial charge in [0.15, 0.2) is 0 Å². The first-order valence-electron chi connectivity index (χ1n) is 9.46. The van der Waals surface area contributed by atoms with Crippen LogP contribution in [0.5, 0.6) is 0 Å². The summed E-state index contributed by atoms with van der Waals surface area (Å²) >= 11 is 0. The van der Waals surface area contributed by atoms with Crippen LogP contribution in [0.25, 0.3) is 0 Å². The Morgan fingerprint density at radius 2 is 1.81 bits per heavy atom. The van der Waals surface area contributed by atoms with Gasteiger partial charge in [-0.25, -0.2) is 9.97 Å². The number of anilines is 2. The molecule has 2 aromatic heterocycles. The first kappa shape index (κ1) is 17.5. The van der Waals surface area contributed by atoms with Crippen molar-refractivity contribution in [3.63, 3.8) is 0 Å². The van der Waals surface area contributed by atoms with Gasteiger partial charge >= 0.3 is 0 Å². The zero-order chi connectivity index (χ0) is 18.6. The first-order chi connectivity index (χ1) is 13.2. The molecular formula is C22H25N5. The normalized spacial score (nSPS) is 13.3. The first-order valence-corrected chi connectivity index (χ1v) is 9.46. The van der Waals surface area contributed by atoms with Crippen molar-refractivity contribution in [2.45, 2.75) is 26.3 Å². The van der Waals surface area contributed by atoms with E-state index in [9.17, 15) is 0 Å². The van der Waals surface area contributed by atoms with E-state index in [1.54, 1.807) is 0 Å². The molecule has 5 heteroatoms. The van der Waals surface area contributed by atoms with E-state index in [4.69, 9.17) is 4.98 Å². The average molecular weight is 359 g/mol. The fraction of sp³-hybridized carbons (Fsp3) is 0.318. The molecule has 0 aliphatic carbocycles. The number of rotatable bonds is 5. The second-order valence-corrected chi connectivity index (χ2v) is 7.10. The predicted octanol–water partition coefficient (Wildman–Crippen LogP) is 3.42. The molecule has 1 aliphatic rings. The quantitative estimate of drug-likeness (QED) is 0.698. The highest BCUT2D eigenvalue weighted by molar-refractivity contribution is 5.52. The van der Waals surface area contributed by atoms with E-state index in [2.05, 4.69) is 69.3 Å². The monoisotopic (exact) mass is 359 g/mol. The molecule has 138 valence electrons. The third-order valence-electron chi connectivity index (χ3n) is 5.14. The molecule has 1 aromatic carbocycles. The highest BCUT2D eigenvalue weighted by Gasteiger charge is 2.18. The lowest BCUT2D eigenvalue weighted by Gasteiger charge is -2.30. The van der Waals surface area contributed by atoms with Crippen molar-refractivity contribution in [3.05, 3.63) is 77.4 Å². The number of pyridine rings is 1. The number of nitrogens with zero attached hydrogens (tertiary/aromatic N) is 5. The van der Waals surface area contributed by atoms with E-state index in [-0.39, 0.29) is 0 Å². The van der Waals surface area contributed by atoms with Crippen molar-refractivity contribution < 1.29 is 0 Å². The number of aryl methyl sites for hydroxylation is 1. The van der Waals surface area contributed by atoms with Gasteiger partial charge in [-0.2, -0.15) is 0 Å². The number of hydrogen-bond acceptors (Lipinski definition) is 5. The van der Waals surface area contributed by atoms with Gasteiger partial charge < -0.3 is 9.80 Å². The maximum absolute atomic E-state index is 4.71. The molecule has 3 aromatic rings. The van der Waals surface area contributed by atoms with Gasteiger partial charge in [0.05, 0.1) is 0 Å². The molecule has 0 bridgehead atoms. The van der Waals surface area contributed by atoms with Gasteiger partial charge in [0.2, 0.25) is 0 Å². The Hall–Kier alpha value is -2.95. The fourth-order valence-electron chi connectivity index (χ4n) is 3.55. The van der Waals surface area contributed by atoms with E-state index < -0.39 is 0 Å². The molecule has 0 fully saturated rings. The average Bonchev–Trinajstić information content (AvgIpc) is 2.72. The minimum atomic E-state index is 0.817. The lowest BCUT2D eigenvalue weighted by molar-refractivity contribution is 0.715. The van der Waals surface area contributed by atoms with Gasteiger partial charge in [0.1, 0.15) is 17.5 Å². The summed E-state index contributed by atoms with van der Waals surface area (Å²) in [5, 5.41) is 0. The Balaban J connectivity index is 1.50. The number of aromatic nitrogens is 3. The van der Waals surface area contributed by atoms with Crippen LogP contribution in [0.4, 0.5) is 11.6 Å². The highest BCUT2D eigenvalue weighted by atomic mass is 15.2.